The van der Waals surface area contributed by atoms with Crippen molar-refractivity contribution in [3.63, 3.8) is 0 Å². The van der Waals surface area contributed by atoms with E-state index in [1.54, 1.807) is 24.5 Å². The lowest BCUT2D eigenvalue weighted by Gasteiger charge is -2.19. The smallest absolute Gasteiger partial charge is 0.339 e. The van der Waals surface area contributed by atoms with Crippen molar-refractivity contribution in [2.45, 2.75) is 25.9 Å². The normalized spacial score (nSPS) is 12.4. The zero-order valence-corrected chi connectivity index (χ0v) is 18.3. The van der Waals surface area contributed by atoms with Crippen LogP contribution in [-0.2, 0) is 11.2 Å². The highest BCUT2D eigenvalue weighted by molar-refractivity contribution is 6.02. The number of nitrogens with zero attached hydrogens (tertiary/aromatic N) is 1. The van der Waals surface area contributed by atoms with Gasteiger partial charge in [0.1, 0.15) is 17.0 Å². The van der Waals surface area contributed by atoms with Crippen molar-refractivity contribution in [3.05, 3.63) is 70.0 Å². The number of likely N-dealkylation sites (N-methyl/N-ethyl adjacent to an activating group) is 1. The monoisotopic (exact) mass is 453 g/mol. The summed E-state index contributed by atoms with van der Waals surface area (Å²) in [6, 6.07) is 9.63. The van der Waals surface area contributed by atoms with E-state index in [0.29, 0.717) is 22.3 Å². The van der Waals surface area contributed by atoms with E-state index < -0.39 is 18.3 Å². The summed E-state index contributed by atoms with van der Waals surface area (Å²) in [7, 11) is 1.53. The Morgan fingerprint density at radius 3 is 2.58 bits per heavy atom. The molecule has 0 spiro atoms. The number of carbonyl (C=O) groups excluding carboxylic acids is 1. The molecule has 0 fully saturated rings. The Labute approximate surface area is 188 Å². The van der Waals surface area contributed by atoms with Gasteiger partial charge in [-0.15, -0.1) is 0 Å². The summed E-state index contributed by atoms with van der Waals surface area (Å²) in [6.45, 7) is 1.38. The van der Waals surface area contributed by atoms with Gasteiger partial charge in [0.05, 0.1) is 19.0 Å². The fourth-order valence-corrected chi connectivity index (χ4v) is 3.95. The van der Waals surface area contributed by atoms with Gasteiger partial charge in [-0.1, -0.05) is 12.1 Å². The Morgan fingerprint density at radius 1 is 1.15 bits per heavy atom. The minimum atomic E-state index is -1.01. The molecule has 0 bridgehead atoms. The summed E-state index contributed by atoms with van der Waals surface area (Å²) in [6.07, 6.45) is 0.802. The number of aliphatic hydroxyl groups is 2. The van der Waals surface area contributed by atoms with Crippen LogP contribution in [0, 0.1) is 12.7 Å². The molecule has 1 amide bonds. The Morgan fingerprint density at radius 2 is 1.88 bits per heavy atom. The number of amides is 1. The largest absolute Gasteiger partial charge is 0.464 e. The van der Waals surface area contributed by atoms with Crippen molar-refractivity contribution in [2.24, 2.45) is 0 Å². The molecule has 172 valence electrons. The lowest BCUT2D eigenvalue weighted by atomic mass is 9.99. The number of aryl methyl sites for hydroxylation is 1. The predicted molar refractivity (Wildman–Crippen MR) is 121 cm³/mol. The number of benzene rings is 2. The first kappa shape index (κ1) is 22.7. The summed E-state index contributed by atoms with van der Waals surface area (Å²) < 4.78 is 24.5. The molecule has 2 aromatic carbocycles. The molecule has 4 rings (SSSR count). The molecule has 4 aromatic rings. The molecule has 2 heterocycles. The summed E-state index contributed by atoms with van der Waals surface area (Å²) in [5, 5.41) is 20.0. The van der Waals surface area contributed by atoms with Crippen molar-refractivity contribution in [1.29, 1.82) is 0 Å². The van der Waals surface area contributed by atoms with Crippen LogP contribution >= 0.6 is 0 Å². The second kappa shape index (κ2) is 9.17. The van der Waals surface area contributed by atoms with Crippen LogP contribution in [0.4, 0.5) is 4.39 Å². The third-order valence-electron chi connectivity index (χ3n) is 5.85. The Hall–Kier alpha value is -3.49. The maximum Gasteiger partial charge on any atom is 0.339 e. The van der Waals surface area contributed by atoms with Gasteiger partial charge in [0.15, 0.2) is 0 Å². The van der Waals surface area contributed by atoms with Gasteiger partial charge >= 0.3 is 5.63 Å². The topological polar surface area (TPSA) is 104 Å². The summed E-state index contributed by atoms with van der Waals surface area (Å²) in [5.74, 6) is -0.587. The standard InChI is InChI=1S/C25H24FNO6/c1-14-18(7-8-24(30)27(2)11-17(29)12-28)25(31)33-23-10-22-20(9-19(14)23)21(13-32-22)15-3-5-16(26)6-4-15/h3-6,9-10,13,17,28-29H,7-8,11-12H2,1-2H3/t17-/m1/s1. The van der Waals surface area contributed by atoms with E-state index in [4.69, 9.17) is 13.9 Å². The van der Waals surface area contributed by atoms with Gasteiger partial charge in [0.2, 0.25) is 5.91 Å². The number of hydrogen-bond donors (Lipinski definition) is 2. The van der Waals surface area contributed by atoms with Crippen LogP contribution in [0.5, 0.6) is 0 Å². The molecule has 2 N–H and O–H groups in total. The van der Waals surface area contributed by atoms with Gasteiger partial charge in [-0.25, -0.2) is 9.18 Å². The Balaban J connectivity index is 1.68. The highest BCUT2D eigenvalue weighted by Gasteiger charge is 2.18. The predicted octanol–water partition coefficient (Wildman–Crippen LogP) is 3.40. The van der Waals surface area contributed by atoms with Crippen molar-refractivity contribution in [1.82, 2.24) is 4.90 Å². The molecule has 0 saturated heterocycles. The van der Waals surface area contributed by atoms with Crippen LogP contribution in [-0.4, -0.2) is 47.3 Å². The molecule has 0 aliphatic carbocycles. The number of aliphatic hydroxyl groups excluding tert-OH is 2. The Bertz CT molecular complexity index is 1370. The summed E-state index contributed by atoms with van der Waals surface area (Å²) in [4.78, 5) is 26.3. The van der Waals surface area contributed by atoms with Gasteiger partial charge < -0.3 is 23.9 Å². The van der Waals surface area contributed by atoms with Crippen LogP contribution in [0.3, 0.4) is 0 Å². The summed E-state index contributed by atoms with van der Waals surface area (Å²) in [5.41, 5.74) is 3.09. The number of hydrogen-bond acceptors (Lipinski definition) is 6. The molecule has 1 atom stereocenters. The van der Waals surface area contributed by atoms with Crippen LogP contribution in [0.2, 0.25) is 0 Å². The second-order valence-electron chi connectivity index (χ2n) is 8.10. The van der Waals surface area contributed by atoms with E-state index in [2.05, 4.69) is 0 Å². The Kier molecular flexibility index (Phi) is 6.31. The van der Waals surface area contributed by atoms with Crippen LogP contribution in [0.25, 0.3) is 33.1 Å². The highest BCUT2D eigenvalue weighted by atomic mass is 19.1. The molecular formula is C25H24FNO6. The van der Waals surface area contributed by atoms with E-state index >= 15 is 0 Å². The van der Waals surface area contributed by atoms with Crippen molar-refractivity contribution < 1.29 is 28.2 Å². The number of furan rings is 1. The lowest BCUT2D eigenvalue weighted by molar-refractivity contribution is -0.131. The molecule has 0 radical (unpaired) electrons. The lowest BCUT2D eigenvalue weighted by Crippen LogP contribution is -2.36. The number of carbonyl (C=O) groups is 1. The van der Waals surface area contributed by atoms with Crippen LogP contribution in [0.1, 0.15) is 17.5 Å². The average molecular weight is 453 g/mol. The average Bonchev–Trinajstić information content (AvgIpc) is 3.20. The molecule has 0 saturated carbocycles. The van der Waals surface area contributed by atoms with E-state index in [1.165, 1.54) is 24.1 Å². The van der Waals surface area contributed by atoms with Crippen molar-refractivity contribution >= 4 is 27.8 Å². The maximum atomic E-state index is 13.3. The number of rotatable bonds is 7. The zero-order valence-electron chi connectivity index (χ0n) is 18.3. The van der Waals surface area contributed by atoms with E-state index in [1.807, 2.05) is 13.0 Å². The molecule has 33 heavy (non-hydrogen) atoms. The van der Waals surface area contributed by atoms with Crippen LogP contribution < -0.4 is 5.63 Å². The SMILES string of the molecule is Cc1c(CCC(=O)N(C)C[C@@H](O)CO)c(=O)oc2cc3occ(-c4ccc(F)cc4)c3cc12. The minimum absolute atomic E-state index is 0.00524. The van der Waals surface area contributed by atoms with Crippen LogP contribution in [0.15, 0.2) is 56.3 Å². The van der Waals surface area contributed by atoms with Gasteiger partial charge in [0.25, 0.3) is 0 Å². The first-order chi connectivity index (χ1) is 15.8. The minimum Gasteiger partial charge on any atom is -0.464 e. The van der Waals surface area contributed by atoms with E-state index in [-0.39, 0.29) is 31.1 Å². The highest BCUT2D eigenvalue weighted by Crippen LogP contribution is 2.34. The van der Waals surface area contributed by atoms with Gasteiger partial charge in [-0.3, -0.25) is 4.79 Å². The maximum absolute atomic E-state index is 13.3. The van der Waals surface area contributed by atoms with Gasteiger partial charge in [-0.2, -0.15) is 0 Å². The summed E-state index contributed by atoms with van der Waals surface area (Å²) >= 11 is 0. The van der Waals surface area contributed by atoms with Crippen molar-refractivity contribution in [2.75, 3.05) is 20.2 Å². The molecule has 7 nitrogen and oxygen atoms in total. The molecule has 0 aliphatic heterocycles. The third-order valence-corrected chi connectivity index (χ3v) is 5.85. The second-order valence-corrected chi connectivity index (χ2v) is 8.10. The van der Waals surface area contributed by atoms with Gasteiger partial charge in [-0.05, 0) is 42.7 Å². The molecule has 0 aliphatic rings. The van der Waals surface area contributed by atoms with Gasteiger partial charge in [0, 0.05) is 48.0 Å². The molecule has 2 aromatic heterocycles. The first-order valence-electron chi connectivity index (χ1n) is 10.5. The molecule has 8 heteroatoms. The number of fused-ring (bicyclic) bond motifs is 2. The third kappa shape index (κ3) is 4.53. The number of halogens is 1. The quantitative estimate of drug-likeness (QED) is 0.416. The fraction of sp³-hybridized carbons (Fsp3) is 0.280. The van der Waals surface area contributed by atoms with E-state index in [9.17, 15) is 19.1 Å². The van der Waals surface area contributed by atoms with E-state index in [0.717, 1.165) is 21.9 Å². The molecular weight excluding hydrogens is 429 g/mol. The first-order valence-corrected chi connectivity index (χ1v) is 10.5. The van der Waals surface area contributed by atoms with Crippen molar-refractivity contribution in [3.8, 4) is 11.1 Å². The zero-order chi connectivity index (χ0) is 23.7. The fourth-order valence-electron chi connectivity index (χ4n) is 3.95. The molecule has 0 unspecified atom stereocenters.